The zero-order valence-corrected chi connectivity index (χ0v) is 11.7. The van der Waals surface area contributed by atoms with Crippen LogP contribution < -0.4 is 10.6 Å². The Morgan fingerprint density at radius 2 is 2.16 bits per heavy atom. The molecule has 1 aliphatic rings. The second-order valence-corrected chi connectivity index (χ2v) is 5.66. The Morgan fingerprint density at radius 3 is 2.74 bits per heavy atom. The minimum absolute atomic E-state index is 0.0860. The Morgan fingerprint density at radius 1 is 1.42 bits per heavy atom. The summed E-state index contributed by atoms with van der Waals surface area (Å²) in [5, 5.41) is 14.6. The first-order chi connectivity index (χ1) is 8.91. The number of nitrogens with one attached hydrogen (secondary N) is 2. The summed E-state index contributed by atoms with van der Waals surface area (Å²) in [5.41, 5.74) is -0.0860. The van der Waals surface area contributed by atoms with Gasteiger partial charge < -0.3 is 20.5 Å². The van der Waals surface area contributed by atoms with Gasteiger partial charge in [-0.25, -0.2) is 0 Å². The fourth-order valence-electron chi connectivity index (χ4n) is 1.94. The predicted molar refractivity (Wildman–Crippen MR) is 70.9 cm³/mol. The maximum Gasteiger partial charge on any atom is 0.303 e. The van der Waals surface area contributed by atoms with Crippen LogP contribution in [0.2, 0.25) is 0 Å². The van der Waals surface area contributed by atoms with Crippen LogP contribution in [0.15, 0.2) is 0 Å². The van der Waals surface area contributed by atoms with E-state index in [0.29, 0.717) is 26.1 Å². The van der Waals surface area contributed by atoms with E-state index in [1.165, 1.54) is 0 Å². The number of carboxylic acids is 1. The van der Waals surface area contributed by atoms with Gasteiger partial charge in [0.25, 0.3) is 0 Å². The number of rotatable bonds is 7. The van der Waals surface area contributed by atoms with Crippen LogP contribution in [0.25, 0.3) is 0 Å². The lowest BCUT2D eigenvalue weighted by atomic mass is 9.84. The Balaban J connectivity index is 2.20. The van der Waals surface area contributed by atoms with E-state index in [0.717, 1.165) is 13.0 Å². The number of hydrogen-bond acceptors (Lipinski definition) is 4. The van der Waals surface area contributed by atoms with Gasteiger partial charge in [0.05, 0.1) is 6.61 Å². The second kappa shape index (κ2) is 7.45. The summed E-state index contributed by atoms with van der Waals surface area (Å²) >= 11 is 0. The van der Waals surface area contributed by atoms with Crippen LogP contribution in [-0.2, 0) is 14.3 Å². The number of carboxylic acid groups (broad SMARTS) is 1. The lowest BCUT2D eigenvalue weighted by Gasteiger charge is -2.26. The third-order valence-electron chi connectivity index (χ3n) is 3.34. The molecule has 0 aromatic rings. The van der Waals surface area contributed by atoms with Gasteiger partial charge in [-0.15, -0.1) is 0 Å². The third-order valence-corrected chi connectivity index (χ3v) is 3.34. The van der Waals surface area contributed by atoms with Gasteiger partial charge in [0.2, 0.25) is 5.91 Å². The first kappa shape index (κ1) is 15.9. The number of aliphatic carboxylic acids is 1. The van der Waals surface area contributed by atoms with Crippen molar-refractivity contribution in [1.29, 1.82) is 0 Å². The molecule has 0 saturated carbocycles. The highest BCUT2D eigenvalue weighted by Crippen LogP contribution is 2.25. The van der Waals surface area contributed by atoms with E-state index in [2.05, 4.69) is 10.6 Å². The molecule has 3 N–H and O–H groups in total. The molecule has 19 heavy (non-hydrogen) atoms. The molecule has 0 aromatic heterocycles. The average molecular weight is 272 g/mol. The van der Waals surface area contributed by atoms with Crippen molar-refractivity contribution in [3.63, 3.8) is 0 Å². The van der Waals surface area contributed by atoms with Gasteiger partial charge in [0, 0.05) is 26.1 Å². The standard InChI is InChI=1S/C13H24N2O4/c1-13(2,4-3-11(16)17)5-6-15-12(18)10-9-14-7-8-19-10/h10,14H,3-9H2,1-2H3,(H,15,18)(H,16,17). The molecule has 0 spiro atoms. The van der Waals surface area contributed by atoms with Crippen LogP contribution in [0.5, 0.6) is 0 Å². The van der Waals surface area contributed by atoms with Crippen molar-refractivity contribution in [3.8, 4) is 0 Å². The monoisotopic (exact) mass is 272 g/mol. The number of carbonyl (C=O) groups is 2. The van der Waals surface area contributed by atoms with E-state index >= 15 is 0 Å². The van der Waals surface area contributed by atoms with Crippen molar-refractivity contribution >= 4 is 11.9 Å². The molecule has 1 saturated heterocycles. The molecule has 0 bridgehead atoms. The Bertz CT molecular complexity index is 312. The minimum atomic E-state index is -0.779. The molecule has 1 heterocycles. The zero-order valence-electron chi connectivity index (χ0n) is 11.7. The van der Waals surface area contributed by atoms with Crippen molar-refractivity contribution < 1.29 is 19.4 Å². The molecule has 1 amide bonds. The second-order valence-electron chi connectivity index (χ2n) is 5.66. The maximum absolute atomic E-state index is 11.8. The summed E-state index contributed by atoms with van der Waals surface area (Å²) in [7, 11) is 0. The SMILES string of the molecule is CC(C)(CCNC(=O)C1CNCCO1)CCC(=O)O. The third kappa shape index (κ3) is 6.54. The van der Waals surface area contributed by atoms with Gasteiger partial charge in [-0.2, -0.15) is 0 Å². The normalized spacial score (nSPS) is 20.0. The zero-order chi connectivity index (χ0) is 14.3. The molecular weight excluding hydrogens is 248 g/mol. The molecule has 0 aliphatic carbocycles. The smallest absolute Gasteiger partial charge is 0.303 e. The van der Waals surface area contributed by atoms with E-state index in [-0.39, 0.29) is 17.7 Å². The largest absolute Gasteiger partial charge is 0.481 e. The highest BCUT2D eigenvalue weighted by atomic mass is 16.5. The van der Waals surface area contributed by atoms with Crippen LogP contribution in [-0.4, -0.2) is 49.3 Å². The van der Waals surface area contributed by atoms with Crippen molar-refractivity contribution in [2.45, 2.75) is 39.2 Å². The molecule has 1 unspecified atom stereocenters. The van der Waals surface area contributed by atoms with Gasteiger partial charge >= 0.3 is 5.97 Å². The molecule has 6 nitrogen and oxygen atoms in total. The number of carbonyl (C=O) groups excluding carboxylic acids is 1. The van der Waals surface area contributed by atoms with Crippen molar-refractivity contribution in [2.75, 3.05) is 26.2 Å². The lowest BCUT2D eigenvalue weighted by Crippen LogP contribution is -2.48. The Kier molecular flexibility index (Phi) is 6.24. The first-order valence-electron chi connectivity index (χ1n) is 6.72. The highest BCUT2D eigenvalue weighted by molar-refractivity contribution is 5.81. The molecular formula is C13H24N2O4. The van der Waals surface area contributed by atoms with Gasteiger partial charge in [-0.05, 0) is 18.3 Å². The van der Waals surface area contributed by atoms with Gasteiger partial charge in [-0.1, -0.05) is 13.8 Å². The molecule has 0 radical (unpaired) electrons. The first-order valence-corrected chi connectivity index (χ1v) is 6.72. The Labute approximate surface area is 113 Å². The van der Waals surface area contributed by atoms with Crippen LogP contribution in [0.4, 0.5) is 0 Å². The van der Waals surface area contributed by atoms with Gasteiger partial charge in [0.1, 0.15) is 6.10 Å². The summed E-state index contributed by atoms with van der Waals surface area (Å²) in [6.07, 6.45) is 1.12. The number of morpholine rings is 1. The summed E-state index contributed by atoms with van der Waals surface area (Å²) in [5.74, 6) is -0.875. The number of hydrogen-bond donors (Lipinski definition) is 3. The quantitative estimate of drug-likeness (QED) is 0.623. The van der Waals surface area contributed by atoms with E-state index in [1.807, 2.05) is 13.8 Å². The number of ether oxygens (including phenoxy) is 1. The van der Waals surface area contributed by atoms with Crippen LogP contribution >= 0.6 is 0 Å². The summed E-state index contributed by atoms with van der Waals surface area (Å²) in [6, 6.07) is 0. The van der Waals surface area contributed by atoms with Crippen molar-refractivity contribution in [2.24, 2.45) is 5.41 Å². The van der Waals surface area contributed by atoms with Gasteiger partial charge in [-0.3, -0.25) is 9.59 Å². The topological polar surface area (TPSA) is 87.7 Å². The molecule has 6 heteroatoms. The maximum atomic E-state index is 11.8. The van der Waals surface area contributed by atoms with E-state index < -0.39 is 12.1 Å². The fourth-order valence-corrected chi connectivity index (χ4v) is 1.94. The fraction of sp³-hybridized carbons (Fsp3) is 0.846. The van der Waals surface area contributed by atoms with Crippen molar-refractivity contribution in [1.82, 2.24) is 10.6 Å². The van der Waals surface area contributed by atoms with Crippen LogP contribution in [0.1, 0.15) is 33.1 Å². The van der Waals surface area contributed by atoms with E-state index in [9.17, 15) is 9.59 Å². The number of amides is 1. The van der Waals surface area contributed by atoms with Crippen molar-refractivity contribution in [3.05, 3.63) is 0 Å². The van der Waals surface area contributed by atoms with Gasteiger partial charge in [0.15, 0.2) is 0 Å². The molecule has 1 rings (SSSR count). The molecule has 110 valence electrons. The molecule has 1 atom stereocenters. The lowest BCUT2D eigenvalue weighted by molar-refractivity contribution is -0.138. The highest BCUT2D eigenvalue weighted by Gasteiger charge is 2.23. The summed E-state index contributed by atoms with van der Waals surface area (Å²) in [4.78, 5) is 22.3. The minimum Gasteiger partial charge on any atom is -0.481 e. The van der Waals surface area contributed by atoms with E-state index in [4.69, 9.17) is 9.84 Å². The summed E-state index contributed by atoms with van der Waals surface area (Å²) in [6.45, 7) is 6.47. The molecule has 0 aromatic carbocycles. The Hall–Kier alpha value is -1.14. The summed E-state index contributed by atoms with van der Waals surface area (Å²) < 4.78 is 5.35. The van der Waals surface area contributed by atoms with E-state index in [1.54, 1.807) is 0 Å². The molecule has 1 aliphatic heterocycles. The predicted octanol–water partition coefficient (Wildman–Crippen LogP) is 0.372. The van der Waals surface area contributed by atoms with Crippen LogP contribution in [0, 0.1) is 5.41 Å². The molecule has 1 fully saturated rings. The average Bonchev–Trinajstić information content (AvgIpc) is 2.37. The van der Waals surface area contributed by atoms with Crippen LogP contribution in [0.3, 0.4) is 0 Å².